The SMILES string of the molecule is Cc1ccc(-c2cccc(-c3ccc4occ(C)c4c3)c2)cc1. The molecule has 0 amide bonds. The van der Waals surface area contributed by atoms with Crippen LogP contribution in [0.2, 0.25) is 0 Å². The number of rotatable bonds is 2. The van der Waals surface area contributed by atoms with Gasteiger partial charge in [-0.25, -0.2) is 0 Å². The fraction of sp³-hybridized carbons (Fsp3) is 0.0909. The molecule has 0 saturated carbocycles. The number of hydrogen-bond acceptors (Lipinski definition) is 1. The summed E-state index contributed by atoms with van der Waals surface area (Å²) >= 11 is 0. The smallest absolute Gasteiger partial charge is 0.134 e. The van der Waals surface area contributed by atoms with Crippen LogP contribution in [0.25, 0.3) is 33.2 Å². The molecule has 1 nitrogen and oxygen atoms in total. The van der Waals surface area contributed by atoms with Crippen LogP contribution < -0.4 is 0 Å². The topological polar surface area (TPSA) is 13.1 Å². The van der Waals surface area contributed by atoms with Crippen LogP contribution in [0.3, 0.4) is 0 Å². The van der Waals surface area contributed by atoms with Gasteiger partial charge in [0.05, 0.1) is 6.26 Å². The highest BCUT2D eigenvalue weighted by molar-refractivity contribution is 5.86. The Balaban J connectivity index is 1.80. The van der Waals surface area contributed by atoms with Crippen LogP contribution in [0.15, 0.2) is 77.4 Å². The Kier molecular flexibility index (Phi) is 3.27. The summed E-state index contributed by atoms with van der Waals surface area (Å²) in [7, 11) is 0. The van der Waals surface area contributed by atoms with Gasteiger partial charge in [-0.1, -0.05) is 54.1 Å². The zero-order valence-corrected chi connectivity index (χ0v) is 13.3. The zero-order valence-electron chi connectivity index (χ0n) is 13.3. The Hall–Kier alpha value is -2.80. The lowest BCUT2D eigenvalue weighted by molar-refractivity contribution is 0.613. The highest BCUT2D eigenvalue weighted by Gasteiger charge is 2.06. The Morgan fingerprint density at radius 2 is 1.30 bits per heavy atom. The van der Waals surface area contributed by atoms with Gasteiger partial charge in [0.2, 0.25) is 0 Å². The van der Waals surface area contributed by atoms with E-state index in [4.69, 9.17) is 4.42 Å². The molecule has 23 heavy (non-hydrogen) atoms. The third-order valence-electron chi connectivity index (χ3n) is 4.35. The molecule has 0 bridgehead atoms. The number of furan rings is 1. The standard InChI is InChI=1S/C22H18O/c1-15-6-8-17(9-7-15)18-4-3-5-19(12-18)20-10-11-22-21(13-20)16(2)14-23-22/h3-14H,1-2H3. The molecule has 4 aromatic rings. The molecule has 1 heterocycles. The van der Waals surface area contributed by atoms with Gasteiger partial charge in [0.15, 0.2) is 0 Å². The van der Waals surface area contributed by atoms with Crippen molar-refractivity contribution >= 4 is 11.0 Å². The van der Waals surface area contributed by atoms with Gasteiger partial charge in [-0.05, 0) is 59.9 Å². The quantitative estimate of drug-likeness (QED) is 0.418. The molecule has 1 aromatic heterocycles. The first-order valence-electron chi connectivity index (χ1n) is 7.86. The molecule has 0 saturated heterocycles. The van der Waals surface area contributed by atoms with E-state index < -0.39 is 0 Å². The second-order valence-corrected chi connectivity index (χ2v) is 6.08. The highest BCUT2D eigenvalue weighted by Crippen LogP contribution is 2.30. The van der Waals surface area contributed by atoms with E-state index in [0.717, 1.165) is 5.58 Å². The van der Waals surface area contributed by atoms with Gasteiger partial charge in [-0.15, -0.1) is 0 Å². The van der Waals surface area contributed by atoms with Gasteiger partial charge in [-0.2, -0.15) is 0 Å². The van der Waals surface area contributed by atoms with Crippen molar-refractivity contribution in [1.29, 1.82) is 0 Å². The number of fused-ring (bicyclic) bond motifs is 1. The molecule has 3 aromatic carbocycles. The second-order valence-electron chi connectivity index (χ2n) is 6.08. The second kappa shape index (κ2) is 5.44. The fourth-order valence-electron chi connectivity index (χ4n) is 2.96. The summed E-state index contributed by atoms with van der Waals surface area (Å²) < 4.78 is 5.54. The van der Waals surface area contributed by atoms with Crippen LogP contribution in [-0.2, 0) is 0 Å². The van der Waals surface area contributed by atoms with Crippen LogP contribution in [0.4, 0.5) is 0 Å². The molecule has 0 N–H and O–H groups in total. The van der Waals surface area contributed by atoms with Crippen LogP contribution in [0.1, 0.15) is 11.1 Å². The van der Waals surface area contributed by atoms with Crippen molar-refractivity contribution in [1.82, 2.24) is 0 Å². The molecule has 0 atom stereocenters. The summed E-state index contributed by atoms with van der Waals surface area (Å²) in [6.07, 6.45) is 1.82. The maximum Gasteiger partial charge on any atom is 0.134 e. The molecule has 0 unspecified atom stereocenters. The van der Waals surface area contributed by atoms with Gasteiger partial charge in [0.1, 0.15) is 5.58 Å². The number of benzene rings is 3. The lowest BCUT2D eigenvalue weighted by Gasteiger charge is -2.07. The predicted molar refractivity (Wildman–Crippen MR) is 96.6 cm³/mol. The lowest BCUT2D eigenvalue weighted by atomic mass is 9.97. The van der Waals surface area contributed by atoms with Gasteiger partial charge in [0.25, 0.3) is 0 Å². The molecule has 0 aliphatic heterocycles. The van der Waals surface area contributed by atoms with Gasteiger partial charge < -0.3 is 4.42 Å². The van der Waals surface area contributed by atoms with E-state index in [1.165, 1.54) is 38.8 Å². The Morgan fingerprint density at radius 1 is 0.652 bits per heavy atom. The summed E-state index contributed by atoms with van der Waals surface area (Å²) in [5.41, 5.74) is 8.34. The molecule has 112 valence electrons. The van der Waals surface area contributed by atoms with Crippen LogP contribution in [-0.4, -0.2) is 0 Å². The average Bonchev–Trinajstić information content (AvgIpc) is 2.96. The van der Waals surface area contributed by atoms with E-state index >= 15 is 0 Å². The normalized spacial score (nSPS) is 11.0. The van der Waals surface area contributed by atoms with Crippen molar-refractivity contribution in [3.8, 4) is 22.3 Å². The summed E-state index contributed by atoms with van der Waals surface area (Å²) in [6, 6.07) is 23.8. The van der Waals surface area contributed by atoms with E-state index in [2.05, 4.69) is 80.6 Å². The average molecular weight is 298 g/mol. The van der Waals surface area contributed by atoms with Gasteiger partial charge >= 0.3 is 0 Å². The molecule has 4 rings (SSSR count). The van der Waals surface area contributed by atoms with Crippen molar-refractivity contribution in [2.45, 2.75) is 13.8 Å². The summed E-state index contributed by atoms with van der Waals surface area (Å²) in [4.78, 5) is 0. The molecule has 0 radical (unpaired) electrons. The van der Waals surface area contributed by atoms with Crippen molar-refractivity contribution in [2.24, 2.45) is 0 Å². The van der Waals surface area contributed by atoms with E-state index in [1.807, 2.05) is 6.26 Å². The van der Waals surface area contributed by atoms with Crippen molar-refractivity contribution in [3.05, 3.63) is 84.1 Å². The van der Waals surface area contributed by atoms with E-state index in [-0.39, 0.29) is 0 Å². The monoisotopic (exact) mass is 298 g/mol. The van der Waals surface area contributed by atoms with Crippen LogP contribution in [0, 0.1) is 13.8 Å². The maximum atomic E-state index is 5.54. The highest BCUT2D eigenvalue weighted by atomic mass is 16.3. The zero-order chi connectivity index (χ0) is 15.8. The first kappa shape index (κ1) is 13.8. The molecular formula is C22H18O. The summed E-state index contributed by atoms with van der Waals surface area (Å²) in [5, 5.41) is 1.18. The van der Waals surface area contributed by atoms with Crippen molar-refractivity contribution in [3.63, 3.8) is 0 Å². The first-order valence-corrected chi connectivity index (χ1v) is 7.86. The fourth-order valence-corrected chi connectivity index (χ4v) is 2.96. The molecule has 0 aliphatic carbocycles. The van der Waals surface area contributed by atoms with E-state index in [0.29, 0.717) is 0 Å². The largest absolute Gasteiger partial charge is 0.464 e. The van der Waals surface area contributed by atoms with Crippen molar-refractivity contribution < 1.29 is 4.42 Å². The minimum atomic E-state index is 0.945. The molecule has 0 aliphatic rings. The molecule has 0 fully saturated rings. The third kappa shape index (κ3) is 2.55. The van der Waals surface area contributed by atoms with E-state index in [9.17, 15) is 0 Å². The third-order valence-corrected chi connectivity index (χ3v) is 4.35. The molecule has 0 spiro atoms. The summed E-state index contributed by atoms with van der Waals surface area (Å²) in [5.74, 6) is 0. The lowest BCUT2D eigenvalue weighted by Crippen LogP contribution is -1.82. The summed E-state index contributed by atoms with van der Waals surface area (Å²) in [6.45, 7) is 4.20. The van der Waals surface area contributed by atoms with Gasteiger partial charge in [0, 0.05) is 5.39 Å². The predicted octanol–water partition coefficient (Wildman–Crippen LogP) is 6.38. The van der Waals surface area contributed by atoms with Crippen LogP contribution in [0.5, 0.6) is 0 Å². The Morgan fingerprint density at radius 3 is 2.09 bits per heavy atom. The first-order chi connectivity index (χ1) is 11.2. The van der Waals surface area contributed by atoms with Gasteiger partial charge in [-0.3, -0.25) is 0 Å². The van der Waals surface area contributed by atoms with Crippen LogP contribution >= 0.6 is 0 Å². The minimum absolute atomic E-state index is 0.945. The molecular weight excluding hydrogens is 280 g/mol. The van der Waals surface area contributed by atoms with E-state index in [1.54, 1.807) is 0 Å². The number of hydrogen-bond donors (Lipinski definition) is 0. The van der Waals surface area contributed by atoms with Crippen molar-refractivity contribution in [2.75, 3.05) is 0 Å². The maximum absolute atomic E-state index is 5.54. The Bertz CT molecular complexity index is 974. The number of aryl methyl sites for hydroxylation is 2. The minimum Gasteiger partial charge on any atom is -0.464 e. The Labute approximate surface area is 136 Å². The molecule has 1 heteroatoms.